The third-order valence-corrected chi connectivity index (χ3v) is 12.9. The van der Waals surface area contributed by atoms with Gasteiger partial charge in [0.25, 0.3) is 0 Å². The standard InChI is InChI=1S/C30H44O5/c1-17-18(24(33)34)10-12-26(4)14-15-28(6)21(30(17,26)35)9-8-20-27(5)13-11-22(32)25(2,3)23(27)19(31)16-29(20,28)7/h9,17-18,20,23,35H,8,10-16H2,1-7H3,(H,33,34)/t17-,18+,20+,23-,26+,27+,28+,29+,30+/m0/s1. The molecule has 194 valence electrons. The van der Waals surface area contributed by atoms with Crippen LogP contribution in [0.4, 0.5) is 0 Å². The predicted octanol–water partition coefficient (Wildman–Crippen LogP) is 5.59. The van der Waals surface area contributed by atoms with Crippen LogP contribution in [0.15, 0.2) is 11.6 Å². The van der Waals surface area contributed by atoms with Gasteiger partial charge in [0.05, 0.1) is 11.5 Å². The second kappa shape index (κ2) is 7.08. The minimum Gasteiger partial charge on any atom is -0.481 e. The summed E-state index contributed by atoms with van der Waals surface area (Å²) in [7, 11) is 0. The maximum atomic E-state index is 14.0. The van der Waals surface area contributed by atoms with Crippen LogP contribution in [0.25, 0.3) is 0 Å². The number of fused-ring (bicyclic) bond motifs is 7. The molecular formula is C30H44O5. The first-order valence-corrected chi connectivity index (χ1v) is 13.7. The third-order valence-electron chi connectivity index (χ3n) is 12.9. The summed E-state index contributed by atoms with van der Waals surface area (Å²) in [4.78, 5) is 39.0. The average molecular weight is 485 g/mol. The molecule has 0 unspecified atom stereocenters. The second-order valence-corrected chi connectivity index (χ2v) is 14.5. The van der Waals surface area contributed by atoms with Gasteiger partial charge < -0.3 is 10.2 Å². The lowest BCUT2D eigenvalue weighted by Crippen LogP contribution is -2.70. The number of carboxylic acids is 1. The molecule has 4 saturated carbocycles. The van der Waals surface area contributed by atoms with Gasteiger partial charge in [-0.15, -0.1) is 0 Å². The summed E-state index contributed by atoms with van der Waals surface area (Å²) in [6.07, 6.45) is 7.73. The Morgan fingerprint density at radius 1 is 1.00 bits per heavy atom. The molecule has 2 N–H and O–H groups in total. The van der Waals surface area contributed by atoms with E-state index >= 15 is 0 Å². The normalized spacial score (nSPS) is 53.0. The molecule has 5 aliphatic rings. The van der Waals surface area contributed by atoms with Gasteiger partial charge in [-0.3, -0.25) is 14.4 Å². The Labute approximate surface area is 210 Å². The second-order valence-electron chi connectivity index (χ2n) is 14.5. The first-order valence-electron chi connectivity index (χ1n) is 13.7. The first kappa shape index (κ1) is 25.2. The summed E-state index contributed by atoms with van der Waals surface area (Å²) in [6.45, 7) is 14.8. The summed E-state index contributed by atoms with van der Waals surface area (Å²) in [6, 6.07) is 0. The van der Waals surface area contributed by atoms with Crippen LogP contribution < -0.4 is 0 Å². The molecule has 0 aromatic rings. The van der Waals surface area contributed by atoms with E-state index < -0.39 is 34.2 Å². The third kappa shape index (κ3) is 2.72. The molecule has 0 heterocycles. The molecule has 0 aromatic carbocycles. The Morgan fingerprint density at radius 3 is 2.29 bits per heavy atom. The highest BCUT2D eigenvalue weighted by Gasteiger charge is 2.73. The fourth-order valence-electron chi connectivity index (χ4n) is 10.7. The molecule has 0 bridgehead atoms. The van der Waals surface area contributed by atoms with Crippen molar-refractivity contribution in [1.82, 2.24) is 0 Å². The summed E-state index contributed by atoms with van der Waals surface area (Å²) in [5.74, 6) is -1.41. The molecule has 0 aliphatic heterocycles. The van der Waals surface area contributed by atoms with Gasteiger partial charge in [-0.05, 0) is 66.3 Å². The van der Waals surface area contributed by atoms with Gasteiger partial charge in [0, 0.05) is 35.5 Å². The first-order chi connectivity index (χ1) is 16.0. The Bertz CT molecular complexity index is 1040. The minimum absolute atomic E-state index is 0.201. The van der Waals surface area contributed by atoms with Crippen molar-refractivity contribution in [3.05, 3.63) is 11.6 Å². The van der Waals surface area contributed by atoms with E-state index in [1.807, 2.05) is 20.8 Å². The van der Waals surface area contributed by atoms with E-state index in [2.05, 4.69) is 33.8 Å². The topological polar surface area (TPSA) is 91.7 Å². The van der Waals surface area contributed by atoms with Gasteiger partial charge in [0.1, 0.15) is 11.6 Å². The van der Waals surface area contributed by atoms with Gasteiger partial charge in [0.15, 0.2) is 0 Å². The monoisotopic (exact) mass is 484 g/mol. The van der Waals surface area contributed by atoms with Crippen molar-refractivity contribution >= 4 is 17.5 Å². The lowest BCUT2D eigenvalue weighted by molar-refractivity contribution is -0.215. The average Bonchev–Trinajstić information content (AvgIpc) is 2.74. The quantitative estimate of drug-likeness (QED) is 0.473. The van der Waals surface area contributed by atoms with E-state index in [1.165, 1.54) is 0 Å². The van der Waals surface area contributed by atoms with Crippen molar-refractivity contribution in [3.63, 3.8) is 0 Å². The molecule has 4 fully saturated rings. The zero-order valence-electron chi connectivity index (χ0n) is 22.7. The molecule has 5 rings (SSSR count). The fraction of sp³-hybridized carbons (Fsp3) is 0.833. The van der Waals surface area contributed by atoms with Crippen LogP contribution in [0.2, 0.25) is 0 Å². The maximum absolute atomic E-state index is 14.0. The predicted molar refractivity (Wildman–Crippen MR) is 133 cm³/mol. The Balaban J connectivity index is 1.67. The number of aliphatic hydroxyl groups is 1. The highest BCUT2D eigenvalue weighted by Crippen LogP contribution is 2.75. The number of aliphatic carboxylic acids is 1. The molecular weight excluding hydrogens is 440 g/mol. The van der Waals surface area contributed by atoms with Crippen molar-refractivity contribution in [1.29, 1.82) is 0 Å². The molecule has 0 aromatic heterocycles. The number of hydrogen-bond donors (Lipinski definition) is 2. The van der Waals surface area contributed by atoms with Crippen LogP contribution in [0.5, 0.6) is 0 Å². The summed E-state index contributed by atoms with van der Waals surface area (Å²) >= 11 is 0. The van der Waals surface area contributed by atoms with E-state index in [1.54, 1.807) is 0 Å². The fourth-order valence-corrected chi connectivity index (χ4v) is 10.7. The van der Waals surface area contributed by atoms with Gasteiger partial charge in [-0.25, -0.2) is 0 Å². The summed E-state index contributed by atoms with van der Waals surface area (Å²) < 4.78 is 0. The summed E-state index contributed by atoms with van der Waals surface area (Å²) in [5.41, 5.74) is -2.22. The van der Waals surface area contributed by atoms with Crippen LogP contribution in [0.1, 0.15) is 99.8 Å². The largest absolute Gasteiger partial charge is 0.481 e. The number of allylic oxidation sites excluding steroid dienone is 1. The van der Waals surface area contributed by atoms with Crippen molar-refractivity contribution in [2.75, 3.05) is 0 Å². The SMILES string of the molecule is C[C@H]1[C@H](C(=O)O)CC[C@]2(C)CC[C@]3(C)C(=CC[C@@H]4[C@@]5(C)CCC(=O)C(C)(C)[C@@H]5C(=O)C[C@]43C)[C@]12O. The van der Waals surface area contributed by atoms with E-state index in [9.17, 15) is 24.6 Å². The molecule has 0 spiro atoms. The van der Waals surface area contributed by atoms with E-state index in [0.29, 0.717) is 25.7 Å². The van der Waals surface area contributed by atoms with E-state index in [-0.39, 0.29) is 39.6 Å². The zero-order chi connectivity index (χ0) is 26.0. The number of Topliss-reactive ketones (excluding diaryl/α,β-unsaturated/α-hetero) is 2. The van der Waals surface area contributed by atoms with Gasteiger partial charge >= 0.3 is 5.97 Å². The van der Waals surface area contributed by atoms with E-state index in [4.69, 9.17) is 0 Å². The smallest absolute Gasteiger partial charge is 0.306 e. The molecule has 0 saturated heterocycles. The van der Waals surface area contributed by atoms with Gasteiger partial charge in [0.2, 0.25) is 0 Å². The highest BCUT2D eigenvalue weighted by molar-refractivity contribution is 5.95. The molecule has 0 amide bonds. The molecule has 9 atom stereocenters. The van der Waals surface area contributed by atoms with Gasteiger partial charge in [-0.2, -0.15) is 0 Å². The maximum Gasteiger partial charge on any atom is 0.306 e. The number of carbonyl (C=O) groups excluding carboxylic acids is 2. The van der Waals surface area contributed by atoms with Crippen molar-refractivity contribution in [3.8, 4) is 0 Å². The lowest BCUT2D eigenvalue weighted by atomic mass is 9.32. The Hall–Kier alpha value is -1.49. The summed E-state index contributed by atoms with van der Waals surface area (Å²) in [5, 5.41) is 22.6. The Morgan fingerprint density at radius 2 is 1.66 bits per heavy atom. The van der Waals surface area contributed by atoms with Crippen LogP contribution in [-0.4, -0.2) is 33.3 Å². The molecule has 5 heteroatoms. The number of rotatable bonds is 1. The molecule has 5 nitrogen and oxygen atoms in total. The highest BCUT2D eigenvalue weighted by atomic mass is 16.4. The van der Waals surface area contributed by atoms with Crippen LogP contribution in [-0.2, 0) is 14.4 Å². The van der Waals surface area contributed by atoms with Crippen LogP contribution in [0, 0.1) is 50.7 Å². The number of hydrogen-bond acceptors (Lipinski definition) is 4. The van der Waals surface area contributed by atoms with Crippen LogP contribution in [0.3, 0.4) is 0 Å². The van der Waals surface area contributed by atoms with Crippen LogP contribution >= 0.6 is 0 Å². The molecule has 0 radical (unpaired) electrons. The number of carbonyl (C=O) groups is 3. The molecule has 35 heavy (non-hydrogen) atoms. The van der Waals surface area contributed by atoms with Crippen molar-refractivity contribution < 1.29 is 24.6 Å². The minimum atomic E-state index is -1.20. The lowest BCUT2D eigenvalue weighted by Gasteiger charge is -2.72. The van der Waals surface area contributed by atoms with Gasteiger partial charge in [-0.1, -0.05) is 54.5 Å². The Kier molecular flexibility index (Phi) is 5.09. The zero-order valence-corrected chi connectivity index (χ0v) is 22.7. The number of ketones is 2. The van der Waals surface area contributed by atoms with Crippen molar-refractivity contribution in [2.24, 2.45) is 50.7 Å². The van der Waals surface area contributed by atoms with E-state index in [0.717, 1.165) is 31.3 Å². The molecule has 5 aliphatic carbocycles. The van der Waals surface area contributed by atoms with Crippen molar-refractivity contribution in [2.45, 2.75) is 105 Å². The number of carboxylic acid groups (broad SMARTS) is 1.